The summed E-state index contributed by atoms with van der Waals surface area (Å²) in [7, 11) is -9.90. The molecular weight excluding hydrogens is 1190 g/mol. The monoisotopic (exact) mass is 1320 g/mol. The molecule has 0 aromatic heterocycles. The van der Waals surface area contributed by atoms with E-state index in [0.717, 1.165) is 114 Å². The van der Waals surface area contributed by atoms with Gasteiger partial charge in [0.05, 0.1) is 26.4 Å². The van der Waals surface area contributed by atoms with Crippen molar-refractivity contribution in [2.45, 2.75) is 369 Å². The standard InChI is InChI=1S/C71H138O17P2/c1-9-63(7)49-41-33-24-20-15-13-11-12-14-16-22-26-37-45-53-70(75)87-66(58-82-69(74)52-44-36-29-27-32-40-48-62(5)6)59-85-89(77,78)83-55-65(72)56-84-90(79,80)86-60-67(88-71(76)54-46-38-30-28-34-42-50-64(8)10-2)57-81-68(73)51-43-35-25-21-18-17-19-23-31-39-47-61(3)4/h61-67,72H,9-60H2,1-8H3,(H,77,78)(H,79,80)/t63?,64?,65-,66+,67+/m0/s1. The van der Waals surface area contributed by atoms with Gasteiger partial charge in [-0.25, -0.2) is 9.13 Å². The van der Waals surface area contributed by atoms with Gasteiger partial charge in [-0.1, -0.05) is 299 Å². The van der Waals surface area contributed by atoms with Crippen molar-refractivity contribution < 1.29 is 80.2 Å². The van der Waals surface area contributed by atoms with Gasteiger partial charge >= 0.3 is 39.5 Å². The maximum atomic E-state index is 13.0. The highest BCUT2D eigenvalue weighted by molar-refractivity contribution is 7.47. The number of phosphoric acid groups is 2. The Labute approximate surface area is 549 Å². The summed E-state index contributed by atoms with van der Waals surface area (Å²) in [5, 5.41) is 10.6. The molecule has 0 amide bonds. The Hall–Kier alpha value is -1.94. The van der Waals surface area contributed by atoms with E-state index in [1.807, 2.05) is 0 Å². The Balaban J connectivity index is 5.20. The second-order valence-electron chi connectivity index (χ2n) is 27.1. The minimum atomic E-state index is -4.95. The van der Waals surface area contributed by atoms with E-state index in [9.17, 15) is 43.2 Å². The lowest BCUT2D eigenvalue weighted by Crippen LogP contribution is -2.30. The number of aliphatic hydroxyl groups excluding tert-OH is 1. The summed E-state index contributed by atoms with van der Waals surface area (Å²) in [5.74, 6) is 0.871. The first-order valence-electron chi connectivity index (χ1n) is 36.8. The van der Waals surface area contributed by atoms with Crippen molar-refractivity contribution in [3.05, 3.63) is 0 Å². The van der Waals surface area contributed by atoms with E-state index in [-0.39, 0.29) is 25.7 Å². The number of phosphoric ester groups is 2. The number of hydrogen-bond acceptors (Lipinski definition) is 15. The average Bonchev–Trinajstić information content (AvgIpc) is 2.83. The van der Waals surface area contributed by atoms with Gasteiger partial charge in [0.2, 0.25) is 0 Å². The fourth-order valence-corrected chi connectivity index (χ4v) is 12.2. The molecule has 17 nitrogen and oxygen atoms in total. The first-order valence-corrected chi connectivity index (χ1v) is 39.8. The van der Waals surface area contributed by atoms with Crippen LogP contribution in [0.3, 0.4) is 0 Å². The number of aliphatic hydroxyl groups is 1. The summed E-state index contributed by atoms with van der Waals surface area (Å²) in [4.78, 5) is 72.5. The van der Waals surface area contributed by atoms with Crippen molar-refractivity contribution >= 4 is 39.5 Å². The average molecular weight is 1330 g/mol. The third-order valence-corrected chi connectivity index (χ3v) is 18.9. The molecule has 534 valence electrons. The molecule has 0 saturated carbocycles. The largest absolute Gasteiger partial charge is 0.472 e. The van der Waals surface area contributed by atoms with E-state index in [2.05, 4.69) is 55.4 Å². The van der Waals surface area contributed by atoms with E-state index in [1.54, 1.807) is 0 Å². The molecule has 0 aliphatic carbocycles. The van der Waals surface area contributed by atoms with Gasteiger partial charge in [-0.05, 0) is 49.4 Å². The second kappa shape index (κ2) is 60.7. The predicted molar refractivity (Wildman–Crippen MR) is 363 cm³/mol. The summed E-state index contributed by atoms with van der Waals surface area (Å²) in [6.45, 7) is 14.1. The van der Waals surface area contributed by atoms with Crippen molar-refractivity contribution in [2.24, 2.45) is 23.7 Å². The van der Waals surface area contributed by atoms with Gasteiger partial charge < -0.3 is 33.8 Å². The Morgan fingerprint density at radius 2 is 0.533 bits per heavy atom. The van der Waals surface area contributed by atoms with Crippen molar-refractivity contribution in [2.75, 3.05) is 39.6 Å². The van der Waals surface area contributed by atoms with Crippen LogP contribution in [0, 0.1) is 23.7 Å². The zero-order valence-electron chi connectivity index (χ0n) is 58.8. The molecule has 0 aromatic carbocycles. The van der Waals surface area contributed by atoms with Gasteiger partial charge in [0, 0.05) is 25.7 Å². The Bertz CT molecular complexity index is 1790. The second-order valence-corrected chi connectivity index (χ2v) is 30.0. The van der Waals surface area contributed by atoms with Crippen LogP contribution in [0.2, 0.25) is 0 Å². The zero-order chi connectivity index (χ0) is 66.8. The van der Waals surface area contributed by atoms with Crippen LogP contribution in [0.5, 0.6) is 0 Å². The van der Waals surface area contributed by atoms with Crippen LogP contribution in [-0.2, 0) is 65.4 Å². The summed E-state index contributed by atoms with van der Waals surface area (Å²) in [5.41, 5.74) is 0. The van der Waals surface area contributed by atoms with Gasteiger partial charge in [0.1, 0.15) is 19.3 Å². The van der Waals surface area contributed by atoms with E-state index in [1.165, 1.54) is 148 Å². The smallest absolute Gasteiger partial charge is 0.462 e. The first-order chi connectivity index (χ1) is 43.2. The molecule has 0 saturated heterocycles. The lowest BCUT2D eigenvalue weighted by Gasteiger charge is -2.21. The topological polar surface area (TPSA) is 237 Å². The molecule has 19 heteroatoms. The molecule has 0 heterocycles. The van der Waals surface area contributed by atoms with Gasteiger partial charge in [-0.2, -0.15) is 0 Å². The summed E-state index contributed by atoms with van der Waals surface area (Å²) in [6.07, 6.45) is 43.2. The third-order valence-electron chi connectivity index (χ3n) is 17.0. The molecule has 0 fully saturated rings. The van der Waals surface area contributed by atoms with Gasteiger partial charge in [-0.3, -0.25) is 37.3 Å². The number of carbonyl (C=O) groups excluding carboxylic acids is 4. The molecule has 3 N–H and O–H groups in total. The third kappa shape index (κ3) is 62.2. The lowest BCUT2D eigenvalue weighted by molar-refractivity contribution is -0.161. The fraction of sp³-hybridized carbons (Fsp3) is 0.944. The molecule has 7 atom stereocenters. The molecule has 0 spiro atoms. The highest BCUT2D eigenvalue weighted by Gasteiger charge is 2.30. The molecular formula is C71H138O17P2. The van der Waals surface area contributed by atoms with E-state index in [0.29, 0.717) is 31.6 Å². The van der Waals surface area contributed by atoms with E-state index >= 15 is 0 Å². The van der Waals surface area contributed by atoms with Crippen LogP contribution in [0.15, 0.2) is 0 Å². The number of hydrogen-bond donors (Lipinski definition) is 3. The molecule has 0 radical (unpaired) electrons. The molecule has 0 aliphatic rings. The minimum Gasteiger partial charge on any atom is -0.462 e. The minimum absolute atomic E-state index is 0.102. The lowest BCUT2D eigenvalue weighted by atomic mass is 9.99. The summed E-state index contributed by atoms with van der Waals surface area (Å²) >= 11 is 0. The number of carbonyl (C=O) groups is 4. The number of unbranched alkanes of at least 4 members (excludes halogenated alkanes) is 32. The Morgan fingerprint density at radius 3 is 0.789 bits per heavy atom. The molecule has 90 heavy (non-hydrogen) atoms. The Kier molecular flexibility index (Phi) is 59.4. The first kappa shape index (κ1) is 88.1. The number of ether oxygens (including phenoxy) is 4. The Morgan fingerprint density at radius 1 is 0.311 bits per heavy atom. The maximum absolute atomic E-state index is 13.0. The van der Waals surface area contributed by atoms with Gasteiger partial charge in [-0.15, -0.1) is 0 Å². The fourth-order valence-electron chi connectivity index (χ4n) is 10.6. The van der Waals surface area contributed by atoms with Crippen LogP contribution < -0.4 is 0 Å². The van der Waals surface area contributed by atoms with Crippen LogP contribution in [0.25, 0.3) is 0 Å². The van der Waals surface area contributed by atoms with E-state index in [4.69, 9.17) is 37.0 Å². The zero-order valence-corrected chi connectivity index (χ0v) is 60.6. The van der Waals surface area contributed by atoms with Crippen LogP contribution in [-0.4, -0.2) is 96.7 Å². The van der Waals surface area contributed by atoms with Gasteiger partial charge in [0.25, 0.3) is 0 Å². The summed E-state index contributed by atoms with van der Waals surface area (Å²) in [6, 6.07) is 0. The molecule has 0 bridgehead atoms. The SMILES string of the molecule is CCC(C)CCCCCCCCCCCCCCCCC(=O)O[C@H](COC(=O)CCCCCCCCC(C)C)COP(=O)(O)OC[C@H](O)COP(=O)(O)OC[C@@H](COC(=O)CCCCCCCCCCCCC(C)C)OC(=O)CCCCCCCCC(C)CC. The van der Waals surface area contributed by atoms with Crippen molar-refractivity contribution in [3.63, 3.8) is 0 Å². The highest BCUT2D eigenvalue weighted by atomic mass is 31.2. The number of esters is 4. The van der Waals surface area contributed by atoms with Crippen LogP contribution >= 0.6 is 15.6 Å². The molecule has 0 aliphatic heterocycles. The normalized spacial score (nSPS) is 14.9. The molecule has 0 rings (SSSR count). The quantitative estimate of drug-likeness (QED) is 0.0222. The molecule has 4 unspecified atom stereocenters. The van der Waals surface area contributed by atoms with Crippen LogP contribution in [0.4, 0.5) is 0 Å². The number of rotatable bonds is 68. The summed E-state index contributed by atoms with van der Waals surface area (Å²) < 4.78 is 68.3. The van der Waals surface area contributed by atoms with Crippen molar-refractivity contribution in [1.82, 2.24) is 0 Å². The van der Waals surface area contributed by atoms with Crippen molar-refractivity contribution in [3.8, 4) is 0 Å². The van der Waals surface area contributed by atoms with Gasteiger partial charge in [0.15, 0.2) is 12.2 Å². The maximum Gasteiger partial charge on any atom is 0.472 e. The van der Waals surface area contributed by atoms with Crippen LogP contribution in [0.1, 0.15) is 351 Å². The predicted octanol–water partition coefficient (Wildman–Crippen LogP) is 20.1. The van der Waals surface area contributed by atoms with E-state index < -0.39 is 97.5 Å². The molecule has 0 aromatic rings. The van der Waals surface area contributed by atoms with Crippen molar-refractivity contribution in [1.29, 1.82) is 0 Å². The highest BCUT2D eigenvalue weighted by Crippen LogP contribution is 2.45.